The van der Waals surface area contributed by atoms with Gasteiger partial charge >= 0.3 is 0 Å². The normalized spacial score (nSPS) is 15.5. The van der Waals surface area contributed by atoms with E-state index in [2.05, 4.69) is 32.7 Å². The molecule has 0 saturated carbocycles. The molecule has 1 heterocycles. The van der Waals surface area contributed by atoms with Crippen molar-refractivity contribution in [3.05, 3.63) is 29.8 Å². The van der Waals surface area contributed by atoms with E-state index in [1.54, 1.807) is 7.05 Å². The minimum Gasteiger partial charge on any atom is -0.492 e. The van der Waals surface area contributed by atoms with Crippen molar-refractivity contribution in [1.29, 1.82) is 0 Å². The number of hydrogen-bond acceptors (Lipinski definition) is 5. The van der Waals surface area contributed by atoms with E-state index >= 15 is 0 Å². The van der Waals surface area contributed by atoms with Crippen LogP contribution in [-0.2, 0) is 16.0 Å². The lowest BCUT2D eigenvalue weighted by Gasteiger charge is -2.21. The molecule has 1 fully saturated rings. The monoisotopic (exact) mass is 406 g/mol. The van der Waals surface area contributed by atoms with Crippen LogP contribution in [0.2, 0.25) is 0 Å². The van der Waals surface area contributed by atoms with Crippen LogP contribution in [0, 0.1) is 5.92 Å². The molecule has 0 aromatic heterocycles. The summed E-state index contributed by atoms with van der Waals surface area (Å²) in [6.45, 7) is 6.50. The summed E-state index contributed by atoms with van der Waals surface area (Å²) in [6.07, 6.45) is 3.20. The molecular formula is C22H38N4O3. The number of rotatable bonds is 12. The summed E-state index contributed by atoms with van der Waals surface area (Å²) in [7, 11) is 5.87. The zero-order valence-electron chi connectivity index (χ0n) is 18.3. The predicted octanol–water partition coefficient (Wildman–Crippen LogP) is 2.13. The SMILES string of the molecule is CN=C(NCCCOCC1CCOCC1)NCc1cccc(OCCN(C)C)c1. The average Bonchev–Trinajstić information content (AvgIpc) is 2.73. The highest BCUT2D eigenvalue weighted by atomic mass is 16.5. The van der Waals surface area contributed by atoms with E-state index < -0.39 is 0 Å². The van der Waals surface area contributed by atoms with Crippen LogP contribution in [0.1, 0.15) is 24.8 Å². The third kappa shape index (κ3) is 10.5. The van der Waals surface area contributed by atoms with Crippen LogP contribution in [0.4, 0.5) is 0 Å². The topological polar surface area (TPSA) is 67.4 Å². The van der Waals surface area contributed by atoms with E-state index in [0.717, 1.165) is 76.1 Å². The summed E-state index contributed by atoms with van der Waals surface area (Å²) >= 11 is 0. The number of nitrogens with zero attached hydrogens (tertiary/aromatic N) is 2. The zero-order valence-corrected chi connectivity index (χ0v) is 18.3. The molecule has 164 valence electrons. The molecule has 7 nitrogen and oxygen atoms in total. The Hall–Kier alpha value is -1.83. The van der Waals surface area contributed by atoms with Crippen LogP contribution in [0.5, 0.6) is 5.75 Å². The van der Waals surface area contributed by atoms with Gasteiger partial charge in [0.05, 0.1) is 0 Å². The number of hydrogen-bond donors (Lipinski definition) is 2. The molecule has 0 spiro atoms. The molecule has 0 amide bonds. The van der Waals surface area contributed by atoms with E-state index in [1.807, 2.05) is 26.2 Å². The van der Waals surface area contributed by atoms with Gasteiger partial charge in [-0.3, -0.25) is 4.99 Å². The van der Waals surface area contributed by atoms with Crippen molar-refractivity contribution in [3.63, 3.8) is 0 Å². The van der Waals surface area contributed by atoms with E-state index in [0.29, 0.717) is 19.1 Å². The van der Waals surface area contributed by atoms with Crippen molar-refractivity contribution >= 4 is 5.96 Å². The van der Waals surface area contributed by atoms with Crippen molar-refractivity contribution in [1.82, 2.24) is 15.5 Å². The Morgan fingerprint density at radius 2 is 2.03 bits per heavy atom. The second-order valence-electron chi connectivity index (χ2n) is 7.64. The fraction of sp³-hybridized carbons (Fsp3) is 0.682. The Bertz CT molecular complexity index is 589. The van der Waals surface area contributed by atoms with Crippen LogP contribution in [0.25, 0.3) is 0 Å². The Labute approximate surface area is 175 Å². The van der Waals surface area contributed by atoms with Gasteiger partial charge in [-0.15, -0.1) is 0 Å². The molecule has 0 unspecified atom stereocenters. The summed E-state index contributed by atoms with van der Waals surface area (Å²) in [5.41, 5.74) is 1.16. The van der Waals surface area contributed by atoms with E-state index in [1.165, 1.54) is 0 Å². The first-order valence-electron chi connectivity index (χ1n) is 10.6. The molecule has 0 radical (unpaired) electrons. The van der Waals surface area contributed by atoms with Gasteiger partial charge < -0.3 is 29.7 Å². The molecule has 7 heteroatoms. The first-order valence-corrected chi connectivity index (χ1v) is 10.6. The lowest BCUT2D eigenvalue weighted by Crippen LogP contribution is -2.37. The predicted molar refractivity (Wildman–Crippen MR) is 118 cm³/mol. The smallest absolute Gasteiger partial charge is 0.191 e. The van der Waals surface area contributed by atoms with Gasteiger partial charge in [0.2, 0.25) is 0 Å². The van der Waals surface area contributed by atoms with Crippen LogP contribution in [0.15, 0.2) is 29.3 Å². The molecule has 1 aliphatic heterocycles. The third-order valence-corrected chi connectivity index (χ3v) is 4.84. The minimum atomic E-state index is 0.661. The van der Waals surface area contributed by atoms with Gasteiger partial charge in [-0.05, 0) is 57.0 Å². The molecule has 1 saturated heterocycles. The molecule has 2 rings (SSSR count). The highest BCUT2D eigenvalue weighted by Gasteiger charge is 2.13. The quantitative estimate of drug-likeness (QED) is 0.315. The van der Waals surface area contributed by atoms with Gasteiger partial charge in [-0.25, -0.2) is 0 Å². The van der Waals surface area contributed by atoms with Gasteiger partial charge in [-0.2, -0.15) is 0 Å². The summed E-state index contributed by atoms with van der Waals surface area (Å²) in [5.74, 6) is 2.36. The molecule has 1 aliphatic rings. The van der Waals surface area contributed by atoms with Gasteiger partial charge in [0, 0.05) is 53.1 Å². The number of likely N-dealkylation sites (N-methyl/N-ethyl adjacent to an activating group) is 1. The largest absolute Gasteiger partial charge is 0.492 e. The van der Waals surface area contributed by atoms with E-state index in [-0.39, 0.29) is 0 Å². The number of guanidine groups is 1. The van der Waals surface area contributed by atoms with E-state index in [4.69, 9.17) is 14.2 Å². The van der Waals surface area contributed by atoms with Crippen LogP contribution < -0.4 is 15.4 Å². The van der Waals surface area contributed by atoms with Crippen molar-refractivity contribution in [2.75, 3.05) is 67.3 Å². The van der Waals surface area contributed by atoms with Crippen LogP contribution >= 0.6 is 0 Å². The van der Waals surface area contributed by atoms with Gasteiger partial charge in [-0.1, -0.05) is 12.1 Å². The standard InChI is InChI=1S/C22H38N4O3/c1-23-22(24-10-5-12-28-18-19-8-13-27-14-9-19)25-17-20-6-4-7-21(16-20)29-15-11-26(2)3/h4,6-7,16,19H,5,8-15,17-18H2,1-3H3,(H2,23,24,25). The maximum absolute atomic E-state index is 5.81. The molecule has 0 bridgehead atoms. The third-order valence-electron chi connectivity index (χ3n) is 4.84. The first kappa shape index (κ1) is 23.4. The Morgan fingerprint density at radius 3 is 2.79 bits per heavy atom. The maximum atomic E-state index is 5.81. The van der Waals surface area contributed by atoms with Crippen molar-refractivity contribution < 1.29 is 14.2 Å². The van der Waals surface area contributed by atoms with Crippen molar-refractivity contribution in [2.24, 2.45) is 10.9 Å². The summed E-state index contributed by atoms with van der Waals surface area (Å²) in [5, 5.41) is 6.69. The first-order chi connectivity index (χ1) is 14.2. The fourth-order valence-corrected chi connectivity index (χ4v) is 3.04. The lowest BCUT2D eigenvalue weighted by molar-refractivity contribution is 0.0203. The number of nitrogens with one attached hydrogen (secondary N) is 2. The van der Waals surface area contributed by atoms with Crippen LogP contribution in [-0.4, -0.2) is 78.1 Å². The molecule has 1 aromatic rings. The molecular weight excluding hydrogens is 368 g/mol. The molecule has 2 N–H and O–H groups in total. The summed E-state index contributed by atoms with van der Waals surface area (Å²) < 4.78 is 17.0. The van der Waals surface area contributed by atoms with Crippen LogP contribution in [0.3, 0.4) is 0 Å². The maximum Gasteiger partial charge on any atom is 0.191 e. The van der Waals surface area contributed by atoms with E-state index in [9.17, 15) is 0 Å². The Kier molecular flexibility index (Phi) is 11.5. The van der Waals surface area contributed by atoms with Crippen molar-refractivity contribution in [2.45, 2.75) is 25.8 Å². The second-order valence-corrected chi connectivity index (χ2v) is 7.64. The van der Waals surface area contributed by atoms with Gasteiger partial charge in [0.15, 0.2) is 5.96 Å². The average molecular weight is 407 g/mol. The number of aliphatic imine (C=N–C) groups is 1. The Balaban J connectivity index is 1.58. The molecule has 0 aliphatic carbocycles. The molecule has 1 aromatic carbocycles. The zero-order chi connectivity index (χ0) is 20.7. The lowest BCUT2D eigenvalue weighted by atomic mass is 10.0. The summed E-state index contributed by atoms with van der Waals surface area (Å²) in [6, 6.07) is 8.17. The molecule has 0 atom stereocenters. The molecule has 29 heavy (non-hydrogen) atoms. The Morgan fingerprint density at radius 1 is 1.21 bits per heavy atom. The second kappa shape index (κ2) is 14.2. The summed E-state index contributed by atoms with van der Waals surface area (Å²) in [4.78, 5) is 6.40. The number of ether oxygens (including phenoxy) is 3. The van der Waals surface area contributed by atoms with Gasteiger partial charge in [0.25, 0.3) is 0 Å². The van der Waals surface area contributed by atoms with Gasteiger partial charge in [0.1, 0.15) is 12.4 Å². The highest BCUT2D eigenvalue weighted by molar-refractivity contribution is 5.79. The van der Waals surface area contributed by atoms with Crippen molar-refractivity contribution in [3.8, 4) is 5.75 Å². The minimum absolute atomic E-state index is 0.661. The highest BCUT2D eigenvalue weighted by Crippen LogP contribution is 2.15. The number of benzene rings is 1. The fourth-order valence-electron chi connectivity index (χ4n) is 3.04.